The fourth-order valence-corrected chi connectivity index (χ4v) is 5.90. The first kappa shape index (κ1) is 16.4. The highest BCUT2D eigenvalue weighted by Crippen LogP contribution is 2.43. The van der Waals surface area contributed by atoms with Crippen LogP contribution in [0.5, 0.6) is 0 Å². The third-order valence-corrected chi connectivity index (χ3v) is 7.21. The number of carbonyl (C=O) groups excluding carboxylic acids is 1. The summed E-state index contributed by atoms with van der Waals surface area (Å²) in [5.74, 6) is -0.0721. The molecule has 0 spiro atoms. The highest BCUT2D eigenvalue weighted by molar-refractivity contribution is 7.85. The molecule has 0 atom stereocenters. The predicted molar refractivity (Wildman–Crippen MR) is 101 cm³/mol. The second-order valence-electron chi connectivity index (χ2n) is 5.86. The van der Waals surface area contributed by atoms with Gasteiger partial charge in [-0.05, 0) is 19.9 Å². The first-order chi connectivity index (χ1) is 11.5. The Balaban J connectivity index is 2.39. The summed E-state index contributed by atoms with van der Waals surface area (Å²) in [5.41, 5.74) is 1.51. The first-order valence-electron chi connectivity index (χ1n) is 7.87. The van der Waals surface area contributed by atoms with Gasteiger partial charge in [0.05, 0.1) is 0 Å². The largest absolute Gasteiger partial charge is 0.309 e. The van der Waals surface area contributed by atoms with Gasteiger partial charge in [-0.3, -0.25) is 4.79 Å². The minimum Gasteiger partial charge on any atom is -0.309 e. The van der Waals surface area contributed by atoms with Gasteiger partial charge in [0.15, 0.2) is 12.9 Å². The molecular weight excluding hydrogens is 315 g/mol. The maximum atomic E-state index is 14.3. The van der Waals surface area contributed by atoms with E-state index in [1.54, 1.807) is 6.07 Å². The Hall–Kier alpha value is -2.44. The normalized spacial score (nSPS) is 11.2. The molecule has 0 bridgehead atoms. The van der Waals surface area contributed by atoms with Gasteiger partial charge in [0.1, 0.15) is 0 Å². The first-order valence-corrected chi connectivity index (χ1v) is 9.57. The molecule has 0 aliphatic rings. The summed E-state index contributed by atoms with van der Waals surface area (Å²) in [4.78, 5) is 12.2. The summed E-state index contributed by atoms with van der Waals surface area (Å²) in [6.07, 6.45) is 0. The molecule has 3 aromatic carbocycles. The summed E-state index contributed by atoms with van der Waals surface area (Å²) >= 11 is 0. The van der Waals surface area contributed by atoms with Gasteiger partial charge in [0, 0.05) is 21.5 Å². The summed E-state index contributed by atoms with van der Waals surface area (Å²) < 4.78 is 14.3. The molecule has 3 rings (SSSR count). The Morgan fingerprint density at radius 2 is 1.29 bits per heavy atom. The Morgan fingerprint density at radius 1 is 0.792 bits per heavy atom. The van der Waals surface area contributed by atoms with Crippen LogP contribution in [0.25, 0.3) is 0 Å². The van der Waals surface area contributed by atoms with E-state index >= 15 is 0 Å². The second kappa shape index (κ2) is 6.59. The van der Waals surface area contributed by atoms with Gasteiger partial charge in [-0.2, -0.15) is 0 Å². The lowest BCUT2D eigenvalue weighted by Crippen LogP contribution is -2.28. The van der Waals surface area contributed by atoms with E-state index in [9.17, 15) is 9.36 Å². The van der Waals surface area contributed by atoms with Gasteiger partial charge >= 0.3 is 0 Å². The quantitative estimate of drug-likeness (QED) is 0.537. The van der Waals surface area contributed by atoms with Crippen LogP contribution >= 0.6 is 7.14 Å². The van der Waals surface area contributed by atoms with Crippen LogP contribution in [0.1, 0.15) is 22.8 Å². The highest BCUT2D eigenvalue weighted by atomic mass is 31.2. The van der Waals surface area contributed by atoms with Crippen molar-refractivity contribution in [2.24, 2.45) is 0 Å². The van der Waals surface area contributed by atoms with Crippen LogP contribution in [0.15, 0.2) is 78.9 Å². The Labute approximate surface area is 142 Å². The van der Waals surface area contributed by atoms with E-state index in [-0.39, 0.29) is 5.78 Å². The average Bonchev–Trinajstić information content (AvgIpc) is 2.62. The fourth-order valence-electron chi connectivity index (χ4n) is 2.90. The van der Waals surface area contributed by atoms with Gasteiger partial charge in [-0.15, -0.1) is 0 Å². The summed E-state index contributed by atoms with van der Waals surface area (Å²) in [7, 11) is -3.12. The fraction of sp³-hybridized carbons (Fsp3) is 0.0952. The van der Waals surface area contributed by atoms with Crippen LogP contribution in [0.4, 0.5) is 0 Å². The molecule has 0 fully saturated rings. The molecule has 3 aromatic rings. The van der Waals surface area contributed by atoms with Crippen LogP contribution < -0.4 is 15.9 Å². The topological polar surface area (TPSA) is 34.1 Å². The standard InChI is InChI=1S/C21H19O2P/c1-16-13-14-20(17(2)22)21(15-16)24(23,18-9-5-3-6-10-18)19-11-7-4-8-12-19/h3-15H,1-2H3. The lowest BCUT2D eigenvalue weighted by Gasteiger charge is -2.22. The van der Waals surface area contributed by atoms with Crippen molar-refractivity contribution in [3.05, 3.63) is 90.0 Å². The van der Waals surface area contributed by atoms with E-state index in [2.05, 4.69) is 0 Å². The van der Waals surface area contributed by atoms with Gasteiger partial charge in [0.2, 0.25) is 0 Å². The predicted octanol–water partition coefficient (Wildman–Crippen LogP) is 3.84. The summed E-state index contributed by atoms with van der Waals surface area (Å²) in [6, 6.07) is 24.4. The molecule has 0 aromatic heterocycles. The molecule has 120 valence electrons. The van der Waals surface area contributed by atoms with Crippen LogP contribution in [0, 0.1) is 6.92 Å². The average molecular weight is 334 g/mol. The zero-order valence-electron chi connectivity index (χ0n) is 13.8. The number of Topliss-reactive ketones (excluding diaryl/α,β-unsaturated/α-hetero) is 1. The lowest BCUT2D eigenvalue weighted by molar-refractivity contribution is 0.101. The Kier molecular flexibility index (Phi) is 4.51. The van der Waals surface area contributed by atoms with Crippen molar-refractivity contribution >= 4 is 28.8 Å². The molecule has 0 unspecified atom stereocenters. The van der Waals surface area contributed by atoms with E-state index in [1.165, 1.54) is 6.92 Å². The number of hydrogen-bond donors (Lipinski definition) is 0. The Bertz CT molecular complexity index is 872. The number of carbonyl (C=O) groups is 1. The monoisotopic (exact) mass is 334 g/mol. The van der Waals surface area contributed by atoms with Crippen LogP contribution in [0.2, 0.25) is 0 Å². The van der Waals surface area contributed by atoms with Crippen molar-refractivity contribution in [3.8, 4) is 0 Å². The maximum absolute atomic E-state index is 14.3. The van der Waals surface area contributed by atoms with Gasteiger partial charge in [0.25, 0.3) is 0 Å². The minimum atomic E-state index is -3.12. The molecule has 3 heteroatoms. The zero-order valence-corrected chi connectivity index (χ0v) is 14.7. The summed E-state index contributed by atoms with van der Waals surface area (Å²) in [6.45, 7) is 3.47. The van der Waals surface area contributed by atoms with Crippen molar-refractivity contribution in [1.29, 1.82) is 0 Å². The zero-order chi connectivity index (χ0) is 17.2. The number of hydrogen-bond acceptors (Lipinski definition) is 2. The number of rotatable bonds is 4. The molecule has 0 N–H and O–H groups in total. The van der Waals surface area contributed by atoms with Gasteiger partial charge < -0.3 is 4.57 Å². The van der Waals surface area contributed by atoms with Crippen LogP contribution in [-0.2, 0) is 4.57 Å². The van der Waals surface area contributed by atoms with Crippen molar-refractivity contribution < 1.29 is 9.36 Å². The van der Waals surface area contributed by atoms with Crippen LogP contribution in [-0.4, -0.2) is 5.78 Å². The molecule has 0 saturated carbocycles. The van der Waals surface area contributed by atoms with E-state index in [0.717, 1.165) is 16.2 Å². The number of ketones is 1. The molecule has 0 saturated heterocycles. The van der Waals surface area contributed by atoms with Gasteiger partial charge in [-0.1, -0.05) is 78.4 Å². The molecule has 0 heterocycles. The number of benzene rings is 3. The molecule has 0 radical (unpaired) electrons. The summed E-state index contributed by atoms with van der Waals surface area (Å²) in [5, 5.41) is 2.10. The van der Waals surface area contributed by atoms with E-state index < -0.39 is 7.14 Å². The molecule has 0 aliphatic carbocycles. The molecule has 0 amide bonds. The lowest BCUT2D eigenvalue weighted by atomic mass is 10.1. The second-order valence-corrected chi connectivity index (χ2v) is 8.59. The number of aryl methyl sites for hydroxylation is 1. The van der Waals surface area contributed by atoms with Gasteiger partial charge in [-0.25, -0.2) is 0 Å². The molecule has 2 nitrogen and oxygen atoms in total. The third-order valence-electron chi connectivity index (χ3n) is 4.11. The van der Waals surface area contributed by atoms with Crippen molar-refractivity contribution in [2.75, 3.05) is 0 Å². The Morgan fingerprint density at radius 3 is 1.75 bits per heavy atom. The van der Waals surface area contributed by atoms with E-state index in [1.807, 2.05) is 79.7 Å². The highest BCUT2D eigenvalue weighted by Gasteiger charge is 2.32. The maximum Gasteiger partial charge on any atom is 0.171 e. The van der Waals surface area contributed by atoms with Crippen molar-refractivity contribution in [3.63, 3.8) is 0 Å². The van der Waals surface area contributed by atoms with E-state index in [4.69, 9.17) is 0 Å². The van der Waals surface area contributed by atoms with E-state index in [0.29, 0.717) is 10.9 Å². The molecular formula is C21H19O2P. The minimum absolute atomic E-state index is 0.0721. The SMILES string of the molecule is CC(=O)c1ccc(C)cc1P(=O)(c1ccccc1)c1ccccc1. The van der Waals surface area contributed by atoms with Crippen LogP contribution in [0.3, 0.4) is 0 Å². The smallest absolute Gasteiger partial charge is 0.171 e. The molecule has 0 aliphatic heterocycles. The third kappa shape index (κ3) is 2.86. The van der Waals surface area contributed by atoms with Crippen molar-refractivity contribution in [1.82, 2.24) is 0 Å². The molecule has 24 heavy (non-hydrogen) atoms. The van der Waals surface area contributed by atoms with Crippen molar-refractivity contribution in [2.45, 2.75) is 13.8 Å².